The van der Waals surface area contributed by atoms with Gasteiger partial charge in [-0.05, 0) is 24.6 Å². The molecule has 0 saturated carbocycles. The second-order valence-electron chi connectivity index (χ2n) is 7.52. The zero-order chi connectivity index (χ0) is 21.4. The molecule has 7 nitrogen and oxygen atoms in total. The van der Waals surface area contributed by atoms with E-state index in [2.05, 4.69) is 52.8 Å². The Labute approximate surface area is 178 Å². The van der Waals surface area contributed by atoms with E-state index in [0.717, 1.165) is 40.4 Å². The quantitative estimate of drug-likeness (QED) is 0.480. The van der Waals surface area contributed by atoms with Crippen molar-refractivity contribution in [2.45, 2.75) is 32.7 Å². The maximum atomic E-state index is 5.45. The van der Waals surface area contributed by atoms with Crippen LogP contribution in [0.25, 0.3) is 0 Å². The van der Waals surface area contributed by atoms with Crippen molar-refractivity contribution in [3.8, 4) is 11.5 Å². The Morgan fingerprint density at radius 2 is 1.90 bits per heavy atom. The molecule has 0 radical (unpaired) electrons. The molecular weight excluding hydrogens is 386 g/mol. The summed E-state index contributed by atoms with van der Waals surface area (Å²) in [6.07, 6.45) is 0. The normalized spacial score (nSPS) is 11.9. The molecule has 0 amide bonds. The summed E-state index contributed by atoms with van der Waals surface area (Å²) in [5, 5.41) is 9.80. The van der Waals surface area contributed by atoms with Gasteiger partial charge in [-0.1, -0.05) is 19.9 Å². The lowest BCUT2D eigenvalue weighted by molar-refractivity contribution is 0.353. The van der Waals surface area contributed by atoms with Crippen LogP contribution in [0.5, 0.6) is 11.5 Å². The van der Waals surface area contributed by atoms with Gasteiger partial charge in [-0.15, -0.1) is 11.3 Å². The number of aliphatic imine (C=N–C) groups is 1. The molecule has 8 heteroatoms. The maximum Gasteiger partial charge on any atom is 0.191 e. The second-order valence-corrected chi connectivity index (χ2v) is 8.35. The highest BCUT2D eigenvalue weighted by Crippen LogP contribution is 2.32. The van der Waals surface area contributed by atoms with Crippen LogP contribution in [0.15, 0.2) is 28.6 Å². The smallest absolute Gasteiger partial charge is 0.191 e. The molecule has 2 rings (SSSR count). The molecule has 1 aromatic carbocycles. The van der Waals surface area contributed by atoms with E-state index in [1.54, 1.807) is 25.6 Å². The number of thiazole rings is 1. The topological polar surface area (TPSA) is 71.0 Å². The van der Waals surface area contributed by atoms with Crippen molar-refractivity contribution in [3.63, 3.8) is 0 Å². The lowest BCUT2D eigenvalue weighted by Crippen LogP contribution is -2.43. The number of nitrogens with zero attached hydrogens (tertiary/aromatic N) is 3. The number of guanidine groups is 1. The standard InChI is InChI=1S/C21H33N5O2S/c1-8-22-19(23-12-16-13-29-20(25-16)26(4)5)24-14-21(2,3)15-9-10-17(27-6)18(11-15)28-7/h9-11,13H,8,12,14H2,1-7H3,(H2,22,23,24). The molecule has 0 aliphatic rings. The van der Waals surface area contributed by atoms with Crippen LogP contribution < -0.4 is 25.0 Å². The SMILES string of the molecule is CCNC(=NCc1csc(N(C)C)n1)NCC(C)(C)c1ccc(OC)c(OC)c1. The Morgan fingerprint density at radius 1 is 1.17 bits per heavy atom. The Balaban J connectivity index is 2.07. The van der Waals surface area contributed by atoms with Crippen molar-refractivity contribution < 1.29 is 9.47 Å². The summed E-state index contributed by atoms with van der Waals surface area (Å²) in [7, 11) is 7.29. The van der Waals surface area contributed by atoms with Crippen molar-refractivity contribution in [3.05, 3.63) is 34.8 Å². The van der Waals surface area contributed by atoms with Gasteiger partial charge in [-0.3, -0.25) is 0 Å². The predicted molar refractivity (Wildman–Crippen MR) is 122 cm³/mol. The summed E-state index contributed by atoms with van der Waals surface area (Å²) < 4.78 is 10.8. The van der Waals surface area contributed by atoms with Crippen LogP contribution in [0.2, 0.25) is 0 Å². The third-order valence-electron chi connectivity index (χ3n) is 4.53. The van der Waals surface area contributed by atoms with Gasteiger partial charge in [0, 0.05) is 38.0 Å². The molecule has 0 atom stereocenters. The minimum absolute atomic E-state index is 0.130. The van der Waals surface area contributed by atoms with E-state index in [0.29, 0.717) is 13.1 Å². The molecule has 1 heterocycles. The number of benzene rings is 1. The first-order chi connectivity index (χ1) is 13.8. The number of methoxy groups -OCH3 is 2. The van der Waals surface area contributed by atoms with Gasteiger partial charge in [0.2, 0.25) is 0 Å². The molecular formula is C21H33N5O2S. The highest BCUT2D eigenvalue weighted by Gasteiger charge is 2.22. The highest BCUT2D eigenvalue weighted by atomic mass is 32.1. The van der Waals surface area contributed by atoms with E-state index in [1.165, 1.54) is 0 Å². The first-order valence-electron chi connectivity index (χ1n) is 9.67. The average molecular weight is 420 g/mol. The van der Waals surface area contributed by atoms with Crippen molar-refractivity contribution in [1.29, 1.82) is 0 Å². The van der Waals surface area contributed by atoms with E-state index in [-0.39, 0.29) is 5.41 Å². The van der Waals surface area contributed by atoms with Crippen LogP contribution in [0.3, 0.4) is 0 Å². The number of ether oxygens (including phenoxy) is 2. The molecule has 0 unspecified atom stereocenters. The fraction of sp³-hybridized carbons (Fsp3) is 0.524. The lowest BCUT2D eigenvalue weighted by atomic mass is 9.84. The Kier molecular flexibility index (Phi) is 8.13. The van der Waals surface area contributed by atoms with Gasteiger partial charge in [-0.25, -0.2) is 9.98 Å². The number of hydrogen-bond acceptors (Lipinski definition) is 6. The molecule has 29 heavy (non-hydrogen) atoms. The van der Waals surface area contributed by atoms with Crippen LogP contribution >= 0.6 is 11.3 Å². The number of rotatable bonds is 9. The van der Waals surface area contributed by atoms with E-state index >= 15 is 0 Å². The highest BCUT2D eigenvalue weighted by molar-refractivity contribution is 7.13. The monoisotopic (exact) mass is 419 g/mol. The molecule has 0 bridgehead atoms. The van der Waals surface area contributed by atoms with Crippen LogP contribution in [0.4, 0.5) is 5.13 Å². The third-order valence-corrected chi connectivity index (χ3v) is 5.59. The largest absolute Gasteiger partial charge is 0.493 e. The van der Waals surface area contributed by atoms with Gasteiger partial charge in [0.15, 0.2) is 22.6 Å². The van der Waals surface area contributed by atoms with Crippen molar-refractivity contribution in [2.75, 3.05) is 46.3 Å². The fourth-order valence-electron chi connectivity index (χ4n) is 2.74. The first kappa shape index (κ1) is 22.8. The van der Waals surface area contributed by atoms with Gasteiger partial charge in [-0.2, -0.15) is 0 Å². The van der Waals surface area contributed by atoms with Crippen LogP contribution in [0.1, 0.15) is 32.0 Å². The predicted octanol–water partition coefficient (Wildman–Crippen LogP) is 3.26. The summed E-state index contributed by atoms with van der Waals surface area (Å²) in [4.78, 5) is 11.3. The second kappa shape index (κ2) is 10.3. The summed E-state index contributed by atoms with van der Waals surface area (Å²) in [5.41, 5.74) is 2.00. The zero-order valence-electron chi connectivity index (χ0n) is 18.5. The molecule has 2 aromatic rings. The van der Waals surface area contributed by atoms with E-state index in [9.17, 15) is 0 Å². The van der Waals surface area contributed by atoms with Gasteiger partial charge in [0.05, 0.1) is 26.5 Å². The molecule has 0 saturated heterocycles. The molecule has 1 aromatic heterocycles. The van der Waals surface area contributed by atoms with Crippen molar-refractivity contribution >= 4 is 22.4 Å². The molecule has 0 spiro atoms. The summed E-state index contributed by atoms with van der Waals surface area (Å²) >= 11 is 1.63. The van der Waals surface area contributed by atoms with Crippen LogP contribution in [-0.4, -0.2) is 52.3 Å². The van der Waals surface area contributed by atoms with Gasteiger partial charge in [0.25, 0.3) is 0 Å². The number of anilines is 1. The van der Waals surface area contributed by atoms with Crippen molar-refractivity contribution in [1.82, 2.24) is 15.6 Å². The molecule has 0 aliphatic heterocycles. The Hall–Kier alpha value is -2.48. The molecule has 160 valence electrons. The summed E-state index contributed by atoms with van der Waals surface area (Å²) in [6.45, 7) is 8.49. The average Bonchev–Trinajstić information content (AvgIpc) is 3.19. The molecule has 0 aliphatic carbocycles. The zero-order valence-corrected chi connectivity index (χ0v) is 19.3. The number of hydrogen-bond donors (Lipinski definition) is 2. The van der Waals surface area contributed by atoms with Gasteiger partial charge >= 0.3 is 0 Å². The van der Waals surface area contributed by atoms with Gasteiger partial charge < -0.3 is 25.0 Å². The molecule has 0 fully saturated rings. The Bertz CT molecular complexity index is 817. The fourth-order valence-corrected chi connectivity index (χ4v) is 3.49. The van der Waals surface area contributed by atoms with E-state index in [4.69, 9.17) is 9.47 Å². The first-order valence-corrected chi connectivity index (χ1v) is 10.5. The van der Waals surface area contributed by atoms with Crippen LogP contribution in [0, 0.1) is 0 Å². The van der Waals surface area contributed by atoms with E-state index < -0.39 is 0 Å². The minimum atomic E-state index is -0.130. The minimum Gasteiger partial charge on any atom is -0.493 e. The van der Waals surface area contributed by atoms with Crippen molar-refractivity contribution in [2.24, 2.45) is 4.99 Å². The number of aromatic nitrogens is 1. The summed E-state index contributed by atoms with van der Waals surface area (Å²) in [6, 6.07) is 6.05. The Morgan fingerprint density at radius 3 is 2.48 bits per heavy atom. The maximum absolute atomic E-state index is 5.45. The van der Waals surface area contributed by atoms with E-state index in [1.807, 2.05) is 31.1 Å². The third kappa shape index (κ3) is 6.25. The number of nitrogens with one attached hydrogen (secondary N) is 2. The summed E-state index contributed by atoms with van der Waals surface area (Å²) in [5.74, 6) is 2.24. The van der Waals surface area contributed by atoms with Gasteiger partial charge in [0.1, 0.15) is 0 Å². The lowest BCUT2D eigenvalue weighted by Gasteiger charge is -2.27. The van der Waals surface area contributed by atoms with Crippen LogP contribution in [-0.2, 0) is 12.0 Å². The molecule has 2 N–H and O–H groups in total.